The molecular formula is C17H18N2O5S2. The minimum atomic E-state index is -3.64. The van der Waals surface area contributed by atoms with Crippen molar-refractivity contribution < 1.29 is 17.3 Å². The number of sulfonamides is 1. The molecule has 26 heavy (non-hydrogen) atoms. The fraction of sp³-hybridized carbons (Fsp3) is 0.353. The molecule has 1 aromatic carbocycles. The van der Waals surface area contributed by atoms with Gasteiger partial charge in [0.1, 0.15) is 5.76 Å². The van der Waals surface area contributed by atoms with E-state index in [9.17, 15) is 13.2 Å². The largest absolute Gasteiger partial charge is 0.468 e. The number of oxazole rings is 1. The van der Waals surface area contributed by atoms with Gasteiger partial charge in [-0.25, -0.2) is 13.2 Å². The molecule has 0 N–H and O–H groups in total. The molecule has 138 valence electrons. The first-order chi connectivity index (χ1) is 12.5. The normalized spacial score (nSPS) is 19.7. The van der Waals surface area contributed by atoms with Gasteiger partial charge in [0.2, 0.25) is 10.0 Å². The van der Waals surface area contributed by atoms with Crippen molar-refractivity contribution in [1.82, 2.24) is 8.87 Å². The average molecular weight is 394 g/mol. The summed E-state index contributed by atoms with van der Waals surface area (Å²) in [6.07, 6.45) is 2.32. The van der Waals surface area contributed by atoms with E-state index < -0.39 is 15.8 Å². The van der Waals surface area contributed by atoms with Crippen LogP contribution in [-0.4, -0.2) is 36.1 Å². The Morgan fingerprint density at radius 2 is 2.08 bits per heavy atom. The molecule has 4 rings (SSSR count). The SMILES string of the molecule is Cn1c(=O)oc2ccc(S(=O)(=O)N3CCSC(c4ccco4)CC3)cc21. The van der Waals surface area contributed by atoms with Crippen LogP contribution in [0.2, 0.25) is 0 Å². The maximum Gasteiger partial charge on any atom is 0.419 e. The molecule has 1 saturated heterocycles. The highest BCUT2D eigenvalue weighted by Crippen LogP contribution is 2.35. The smallest absolute Gasteiger partial charge is 0.419 e. The van der Waals surface area contributed by atoms with Crippen LogP contribution in [0.5, 0.6) is 0 Å². The molecule has 0 bridgehead atoms. The summed E-state index contributed by atoms with van der Waals surface area (Å²) in [5.41, 5.74) is 0.842. The van der Waals surface area contributed by atoms with Crippen LogP contribution in [0.1, 0.15) is 17.4 Å². The van der Waals surface area contributed by atoms with Crippen LogP contribution in [0.3, 0.4) is 0 Å². The number of hydrogen-bond donors (Lipinski definition) is 0. The fourth-order valence-electron chi connectivity index (χ4n) is 3.11. The molecule has 0 saturated carbocycles. The van der Waals surface area contributed by atoms with Crippen molar-refractivity contribution in [2.24, 2.45) is 7.05 Å². The molecule has 0 radical (unpaired) electrons. The van der Waals surface area contributed by atoms with Crippen molar-refractivity contribution in [3.63, 3.8) is 0 Å². The van der Waals surface area contributed by atoms with Crippen molar-refractivity contribution in [3.8, 4) is 0 Å². The van der Waals surface area contributed by atoms with Gasteiger partial charge in [-0.05, 0) is 36.8 Å². The van der Waals surface area contributed by atoms with Gasteiger partial charge < -0.3 is 8.83 Å². The van der Waals surface area contributed by atoms with Gasteiger partial charge >= 0.3 is 5.76 Å². The van der Waals surface area contributed by atoms with E-state index in [1.165, 1.54) is 27.1 Å². The molecule has 1 aliphatic heterocycles. The number of fused-ring (bicyclic) bond motifs is 1. The van der Waals surface area contributed by atoms with E-state index in [0.29, 0.717) is 36.4 Å². The van der Waals surface area contributed by atoms with E-state index in [-0.39, 0.29) is 10.1 Å². The van der Waals surface area contributed by atoms with Crippen molar-refractivity contribution in [3.05, 3.63) is 52.9 Å². The third-order valence-corrected chi connectivity index (χ3v) is 7.74. The summed E-state index contributed by atoms with van der Waals surface area (Å²) in [5, 5.41) is 0.155. The van der Waals surface area contributed by atoms with Gasteiger partial charge in [0.05, 0.1) is 21.9 Å². The summed E-state index contributed by atoms with van der Waals surface area (Å²) in [6, 6.07) is 8.29. The van der Waals surface area contributed by atoms with Gasteiger partial charge in [-0.15, -0.1) is 11.8 Å². The van der Waals surface area contributed by atoms with E-state index in [0.717, 1.165) is 5.76 Å². The molecule has 0 amide bonds. The fourth-order valence-corrected chi connectivity index (χ4v) is 5.88. The number of aryl methyl sites for hydroxylation is 1. The summed E-state index contributed by atoms with van der Waals surface area (Å²) >= 11 is 1.70. The highest BCUT2D eigenvalue weighted by atomic mass is 32.2. The summed E-state index contributed by atoms with van der Waals surface area (Å²) in [4.78, 5) is 11.8. The number of aromatic nitrogens is 1. The summed E-state index contributed by atoms with van der Waals surface area (Å²) in [5.74, 6) is 1.06. The Kier molecular flexibility index (Phi) is 4.45. The van der Waals surface area contributed by atoms with Crippen molar-refractivity contribution in [2.75, 3.05) is 18.8 Å². The standard InChI is InChI=1S/C17H18N2O5S2/c1-18-13-11-12(4-5-14(13)24-17(18)20)26(21,22)19-7-6-16(25-10-8-19)15-3-2-9-23-15/h2-5,9,11,16H,6-8,10H2,1H3. The first kappa shape index (κ1) is 17.4. The first-order valence-electron chi connectivity index (χ1n) is 8.21. The van der Waals surface area contributed by atoms with Gasteiger partial charge in [0.25, 0.3) is 0 Å². The maximum absolute atomic E-state index is 13.1. The lowest BCUT2D eigenvalue weighted by atomic mass is 10.2. The van der Waals surface area contributed by atoms with Crippen LogP contribution in [0.15, 0.2) is 55.1 Å². The molecule has 0 aliphatic carbocycles. The Balaban J connectivity index is 1.62. The first-order valence-corrected chi connectivity index (χ1v) is 10.7. The molecule has 7 nitrogen and oxygen atoms in total. The maximum atomic E-state index is 13.1. The van der Waals surface area contributed by atoms with Crippen molar-refractivity contribution in [2.45, 2.75) is 16.6 Å². The Morgan fingerprint density at radius 1 is 1.23 bits per heavy atom. The quantitative estimate of drug-likeness (QED) is 0.679. The highest BCUT2D eigenvalue weighted by Gasteiger charge is 2.29. The van der Waals surface area contributed by atoms with E-state index in [2.05, 4.69) is 0 Å². The van der Waals surface area contributed by atoms with Crippen LogP contribution in [0, 0.1) is 0 Å². The molecule has 1 unspecified atom stereocenters. The molecule has 1 aliphatic rings. The monoisotopic (exact) mass is 394 g/mol. The second-order valence-electron chi connectivity index (χ2n) is 6.12. The van der Waals surface area contributed by atoms with Crippen LogP contribution in [-0.2, 0) is 17.1 Å². The molecule has 1 atom stereocenters. The van der Waals surface area contributed by atoms with E-state index in [1.54, 1.807) is 25.1 Å². The zero-order chi connectivity index (χ0) is 18.3. The summed E-state index contributed by atoms with van der Waals surface area (Å²) in [6.45, 7) is 0.857. The van der Waals surface area contributed by atoms with E-state index in [4.69, 9.17) is 8.83 Å². The predicted molar refractivity (Wildman–Crippen MR) is 98.7 cm³/mol. The number of nitrogens with zero attached hydrogens (tertiary/aromatic N) is 2. The third kappa shape index (κ3) is 3.00. The van der Waals surface area contributed by atoms with Crippen LogP contribution >= 0.6 is 11.8 Å². The lowest BCUT2D eigenvalue weighted by molar-refractivity contribution is 0.417. The Labute approximate surface area is 154 Å². The lowest BCUT2D eigenvalue weighted by Crippen LogP contribution is -2.33. The molecule has 9 heteroatoms. The highest BCUT2D eigenvalue weighted by molar-refractivity contribution is 7.99. The van der Waals surface area contributed by atoms with Crippen LogP contribution in [0.25, 0.3) is 11.1 Å². The molecule has 2 aromatic heterocycles. The molecular weight excluding hydrogens is 376 g/mol. The minimum absolute atomic E-state index is 0.155. The zero-order valence-corrected chi connectivity index (χ0v) is 15.8. The second kappa shape index (κ2) is 6.64. The average Bonchev–Trinajstić information content (AvgIpc) is 3.16. The van der Waals surface area contributed by atoms with Crippen molar-refractivity contribution >= 4 is 32.9 Å². The van der Waals surface area contributed by atoms with E-state index >= 15 is 0 Å². The number of hydrogen-bond acceptors (Lipinski definition) is 6. The third-order valence-electron chi connectivity index (χ3n) is 4.56. The predicted octanol–water partition coefficient (Wildman–Crippen LogP) is 2.59. The Morgan fingerprint density at radius 3 is 2.85 bits per heavy atom. The number of furan rings is 1. The van der Waals surface area contributed by atoms with Gasteiger partial charge in [-0.3, -0.25) is 4.57 Å². The summed E-state index contributed by atoms with van der Waals surface area (Å²) in [7, 11) is -2.09. The van der Waals surface area contributed by atoms with Crippen LogP contribution < -0.4 is 5.76 Å². The summed E-state index contributed by atoms with van der Waals surface area (Å²) < 4.78 is 39.5. The number of benzene rings is 1. The molecule has 3 aromatic rings. The molecule has 3 heterocycles. The Hall–Kier alpha value is -1.97. The molecule has 0 spiro atoms. The van der Waals surface area contributed by atoms with Gasteiger partial charge in [-0.1, -0.05) is 0 Å². The van der Waals surface area contributed by atoms with Gasteiger partial charge in [0.15, 0.2) is 5.58 Å². The number of rotatable bonds is 3. The van der Waals surface area contributed by atoms with E-state index in [1.807, 2.05) is 12.1 Å². The van der Waals surface area contributed by atoms with Crippen LogP contribution in [0.4, 0.5) is 0 Å². The topological polar surface area (TPSA) is 85.7 Å². The zero-order valence-electron chi connectivity index (χ0n) is 14.1. The Bertz CT molecular complexity index is 1080. The lowest BCUT2D eigenvalue weighted by Gasteiger charge is -2.19. The second-order valence-corrected chi connectivity index (χ2v) is 9.37. The van der Waals surface area contributed by atoms with Crippen molar-refractivity contribution in [1.29, 1.82) is 0 Å². The minimum Gasteiger partial charge on any atom is -0.468 e. The number of thioether (sulfide) groups is 1. The van der Waals surface area contributed by atoms with Gasteiger partial charge in [-0.2, -0.15) is 4.31 Å². The van der Waals surface area contributed by atoms with Gasteiger partial charge in [0, 0.05) is 25.9 Å². The molecule has 1 fully saturated rings.